The van der Waals surface area contributed by atoms with Crippen LogP contribution >= 0.6 is 0 Å². The zero-order valence-corrected chi connectivity index (χ0v) is 21.9. The Bertz CT molecular complexity index is 1180. The van der Waals surface area contributed by atoms with Gasteiger partial charge in [0.1, 0.15) is 19.2 Å². The van der Waals surface area contributed by atoms with Gasteiger partial charge in [-0.3, -0.25) is 9.59 Å². The predicted octanol–water partition coefficient (Wildman–Crippen LogP) is 2.80. The van der Waals surface area contributed by atoms with Crippen molar-refractivity contribution in [1.29, 1.82) is 0 Å². The predicted molar refractivity (Wildman–Crippen MR) is 138 cm³/mol. The van der Waals surface area contributed by atoms with Crippen molar-refractivity contribution in [2.24, 2.45) is 11.1 Å². The molecule has 2 atom stereocenters. The number of rotatable bonds is 9. The second kappa shape index (κ2) is 12.1. The molecule has 0 bridgehead atoms. The summed E-state index contributed by atoms with van der Waals surface area (Å²) in [4.78, 5) is 33.3. The number of amides is 2. The summed E-state index contributed by atoms with van der Waals surface area (Å²) in [5.74, 6) is -0.521. The Hall–Kier alpha value is -3.24. The summed E-state index contributed by atoms with van der Waals surface area (Å²) in [7, 11) is -2.53. The zero-order chi connectivity index (χ0) is 26.3. The van der Waals surface area contributed by atoms with Crippen LogP contribution in [-0.2, 0) is 24.4 Å². The van der Waals surface area contributed by atoms with Crippen LogP contribution in [0, 0.1) is 12.8 Å². The van der Waals surface area contributed by atoms with E-state index in [1.54, 1.807) is 18.2 Å². The minimum atomic E-state index is -3.92. The minimum Gasteiger partial charge on any atom is -0.397 e. The highest BCUT2D eigenvalue weighted by Gasteiger charge is 2.39. The number of nitrogens with one attached hydrogen (secondary N) is 2. The summed E-state index contributed by atoms with van der Waals surface area (Å²) in [5, 5.41) is 6.74. The van der Waals surface area contributed by atoms with E-state index in [-0.39, 0.29) is 16.6 Å². The number of oxime groups is 1. The van der Waals surface area contributed by atoms with Gasteiger partial charge in [0.2, 0.25) is 21.8 Å². The lowest BCUT2D eigenvalue weighted by molar-refractivity contribution is -0.139. The smallest absolute Gasteiger partial charge is 0.248 e. The van der Waals surface area contributed by atoms with Crippen molar-refractivity contribution >= 4 is 27.7 Å². The second-order valence-corrected chi connectivity index (χ2v) is 11.0. The highest BCUT2D eigenvalue weighted by Crippen LogP contribution is 2.22. The molecule has 0 aromatic heterocycles. The molecule has 2 N–H and O–H groups in total. The van der Waals surface area contributed by atoms with E-state index in [9.17, 15) is 18.0 Å². The van der Waals surface area contributed by atoms with Gasteiger partial charge in [-0.1, -0.05) is 67.0 Å². The topological polar surface area (TPSA) is 117 Å². The van der Waals surface area contributed by atoms with E-state index >= 15 is 0 Å². The quantitative estimate of drug-likeness (QED) is 0.303. The Morgan fingerprint density at radius 3 is 2.39 bits per heavy atom. The SMILES string of the molecule is CON=C(NC(=O)[C@@H]1CCCN1C(=O)[C@@H](CC(C)C)NS(=O)(=O)c1ccccc1)c1ccc(C)cc1. The van der Waals surface area contributed by atoms with E-state index in [0.29, 0.717) is 31.4 Å². The first kappa shape index (κ1) is 27.3. The molecule has 3 rings (SSSR count). The van der Waals surface area contributed by atoms with Crippen LogP contribution in [0.5, 0.6) is 0 Å². The molecule has 2 aromatic carbocycles. The van der Waals surface area contributed by atoms with E-state index < -0.39 is 33.9 Å². The molecule has 0 aliphatic carbocycles. The number of hydrogen-bond acceptors (Lipinski definition) is 6. The molecule has 1 saturated heterocycles. The highest BCUT2D eigenvalue weighted by molar-refractivity contribution is 7.89. The number of benzene rings is 2. The lowest BCUT2D eigenvalue weighted by atomic mass is 10.0. The van der Waals surface area contributed by atoms with Gasteiger partial charge in [-0.15, -0.1) is 0 Å². The summed E-state index contributed by atoms with van der Waals surface area (Å²) in [6, 6.07) is 13.6. The van der Waals surface area contributed by atoms with Gasteiger partial charge in [-0.2, -0.15) is 4.72 Å². The molecule has 194 valence electrons. The summed E-state index contributed by atoms with van der Waals surface area (Å²) in [5.41, 5.74) is 1.73. The van der Waals surface area contributed by atoms with Crippen LogP contribution in [0.1, 0.15) is 44.2 Å². The number of amidine groups is 1. The molecule has 0 radical (unpaired) electrons. The minimum absolute atomic E-state index is 0.0503. The third-order valence-electron chi connectivity index (χ3n) is 5.94. The van der Waals surface area contributed by atoms with Crippen LogP contribution in [0.25, 0.3) is 0 Å². The first-order valence-corrected chi connectivity index (χ1v) is 13.5. The number of hydrogen-bond donors (Lipinski definition) is 2. The molecular weight excluding hydrogens is 480 g/mol. The molecule has 1 heterocycles. The number of carbonyl (C=O) groups is 2. The number of nitrogens with zero attached hydrogens (tertiary/aromatic N) is 2. The fourth-order valence-electron chi connectivity index (χ4n) is 4.18. The molecule has 9 nitrogen and oxygen atoms in total. The lowest BCUT2D eigenvalue weighted by Gasteiger charge is -2.29. The van der Waals surface area contributed by atoms with Gasteiger partial charge in [0.25, 0.3) is 0 Å². The molecule has 1 fully saturated rings. The van der Waals surface area contributed by atoms with Gasteiger partial charge in [0.05, 0.1) is 4.90 Å². The molecule has 36 heavy (non-hydrogen) atoms. The van der Waals surface area contributed by atoms with Crippen molar-refractivity contribution in [1.82, 2.24) is 14.9 Å². The molecule has 1 aliphatic heterocycles. The van der Waals surface area contributed by atoms with Gasteiger partial charge in [-0.25, -0.2) is 8.42 Å². The average Bonchev–Trinajstić information content (AvgIpc) is 3.34. The lowest BCUT2D eigenvalue weighted by Crippen LogP contribution is -2.54. The Kier molecular flexibility index (Phi) is 9.22. The number of sulfonamides is 1. The van der Waals surface area contributed by atoms with Gasteiger partial charge in [-0.05, 0) is 44.2 Å². The van der Waals surface area contributed by atoms with Crippen molar-refractivity contribution in [2.45, 2.75) is 57.0 Å². The second-order valence-electron chi connectivity index (χ2n) is 9.28. The third kappa shape index (κ3) is 6.92. The van der Waals surface area contributed by atoms with Crippen molar-refractivity contribution in [3.05, 3.63) is 65.7 Å². The molecule has 10 heteroatoms. The van der Waals surface area contributed by atoms with Crippen molar-refractivity contribution in [3.63, 3.8) is 0 Å². The van der Waals surface area contributed by atoms with Crippen LogP contribution < -0.4 is 10.0 Å². The standard InChI is InChI=1S/C26H34N4O5S/c1-18(2)17-22(29-36(33,34)21-9-6-5-7-10-21)26(32)30-16-8-11-23(30)25(31)27-24(28-35-4)20-14-12-19(3)13-15-20/h5-7,9-10,12-15,18,22-23,29H,8,11,16-17H2,1-4H3,(H,27,28,31)/t22-,23+/m1/s1. The Labute approximate surface area is 212 Å². The number of likely N-dealkylation sites (tertiary alicyclic amines) is 1. The molecule has 0 spiro atoms. The Morgan fingerprint density at radius 2 is 1.78 bits per heavy atom. The van der Waals surface area contributed by atoms with Gasteiger partial charge in [0, 0.05) is 12.1 Å². The maximum absolute atomic E-state index is 13.6. The molecule has 2 amide bonds. The molecular formula is C26H34N4O5S. The van der Waals surface area contributed by atoms with Crippen molar-refractivity contribution < 1.29 is 22.8 Å². The van der Waals surface area contributed by atoms with Crippen molar-refractivity contribution in [2.75, 3.05) is 13.7 Å². The van der Waals surface area contributed by atoms with Crippen LogP contribution in [0.4, 0.5) is 0 Å². The fraction of sp³-hybridized carbons (Fsp3) is 0.423. The van der Waals surface area contributed by atoms with Crippen LogP contribution in [0.15, 0.2) is 64.6 Å². The third-order valence-corrected chi connectivity index (χ3v) is 7.43. The van der Waals surface area contributed by atoms with Gasteiger partial charge in [0.15, 0.2) is 5.84 Å². The van der Waals surface area contributed by atoms with E-state index in [4.69, 9.17) is 4.84 Å². The summed E-state index contributed by atoms with van der Waals surface area (Å²) in [6.07, 6.45) is 1.39. The van der Waals surface area contributed by atoms with Gasteiger partial charge < -0.3 is 15.1 Å². The molecule has 0 unspecified atom stereocenters. The largest absolute Gasteiger partial charge is 0.397 e. The average molecular weight is 515 g/mol. The van der Waals surface area contributed by atoms with Crippen LogP contribution in [0.2, 0.25) is 0 Å². The maximum Gasteiger partial charge on any atom is 0.248 e. The van der Waals surface area contributed by atoms with E-state index in [1.807, 2.05) is 45.0 Å². The monoisotopic (exact) mass is 514 g/mol. The highest BCUT2D eigenvalue weighted by atomic mass is 32.2. The molecule has 0 saturated carbocycles. The van der Waals surface area contributed by atoms with Gasteiger partial charge >= 0.3 is 0 Å². The van der Waals surface area contributed by atoms with Crippen LogP contribution in [-0.4, -0.2) is 56.7 Å². The molecule has 2 aromatic rings. The number of carbonyl (C=O) groups excluding carboxylic acids is 2. The van der Waals surface area contributed by atoms with E-state index in [1.165, 1.54) is 24.1 Å². The van der Waals surface area contributed by atoms with E-state index in [2.05, 4.69) is 15.2 Å². The normalized spacial score (nSPS) is 17.2. The molecule has 1 aliphatic rings. The maximum atomic E-state index is 13.6. The van der Waals surface area contributed by atoms with Crippen molar-refractivity contribution in [3.8, 4) is 0 Å². The first-order valence-electron chi connectivity index (χ1n) is 12.0. The Morgan fingerprint density at radius 1 is 1.11 bits per heavy atom. The van der Waals surface area contributed by atoms with Crippen LogP contribution in [0.3, 0.4) is 0 Å². The Balaban J connectivity index is 1.80. The summed E-state index contributed by atoms with van der Waals surface area (Å²) in [6.45, 7) is 6.15. The number of aryl methyl sites for hydroxylation is 1. The van der Waals surface area contributed by atoms with E-state index in [0.717, 1.165) is 5.56 Å². The summed E-state index contributed by atoms with van der Waals surface area (Å²) >= 11 is 0. The summed E-state index contributed by atoms with van der Waals surface area (Å²) < 4.78 is 28.5. The fourth-order valence-corrected chi connectivity index (χ4v) is 5.40. The first-order chi connectivity index (χ1) is 17.1. The zero-order valence-electron chi connectivity index (χ0n) is 21.1.